The van der Waals surface area contributed by atoms with Crippen LogP contribution in [0.25, 0.3) is 10.9 Å². The summed E-state index contributed by atoms with van der Waals surface area (Å²) in [5, 5.41) is 13.4. The van der Waals surface area contributed by atoms with Crippen LogP contribution in [0, 0.1) is 13.8 Å². The van der Waals surface area contributed by atoms with Gasteiger partial charge in [-0.1, -0.05) is 18.2 Å². The highest BCUT2D eigenvalue weighted by molar-refractivity contribution is 6.08. The zero-order valence-corrected chi connectivity index (χ0v) is 16.3. The number of aromatic amines is 1. The number of amides is 1. The maximum atomic E-state index is 12.7. The number of nitrogens with one attached hydrogen (secondary N) is 2. The van der Waals surface area contributed by atoms with E-state index in [2.05, 4.69) is 42.3 Å². The van der Waals surface area contributed by atoms with E-state index in [9.17, 15) is 14.7 Å². The molecule has 0 radical (unpaired) electrons. The highest BCUT2D eigenvalue weighted by atomic mass is 16.5. The number of H-pyrrole nitrogens is 1. The predicted octanol–water partition coefficient (Wildman–Crippen LogP) is 3.22. The minimum atomic E-state index is -0.696. The number of fused-ring (bicyclic) bond motifs is 1. The highest BCUT2D eigenvalue weighted by Crippen LogP contribution is 2.26. The molecule has 0 saturated heterocycles. The van der Waals surface area contributed by atoms with Crippen molar-refractivity contribution in [2.75, 3.05) is 13.7 Å². The lowest BCUT2D eigenvalue weighted by atomic mass is 10.0. The van der Waals surface area contributed by atoms with Crippen molar-refractivity contribution in [2.45, 2.75) is 26.7 Å². The molecule has 0 aliphatic rings. The number of methoxy groups -OCH3 is 1. The van der Waals surface area contributed by atoms with Crippen molar-refractivity contribution in [2.24, 2.45) is 0 Å². The van der Waals surface area contributed by atoms with Crippen molar-refractivity contribution in [3.8, 4) is 11.5 Å². The van der Waals surface area contributed by atoms with Crippen LogP contribution in [-0.2, 0) is 6.42 Å². The smallest absolute Gasteiger partial charge is 0.291 e. The van der Waals surface area contributed by atoms with Gasteiger partial charge in [-0.2, -0.15) is 0 Å². The summed E-state index contributed by atoms with van der Waals surface area (Å²) < 4.78 is 5.19. The van der Waals surface area contributed by atoms with Crippen molar-refractivity contribution < 1.29 is 14.6 Å². The van der Waals surface area contributed by atoms with E-state index in [1.165, 1.54) is 23.8 Å². The van der Waals surface area contributed by atoms with E-state index < -0.39 is 17.2 Å². The molecule has 6 nitrogen and oxygen atoms in total. The van der Waals surface area contributed by atoms with Gasteiger partial charge in [0.25, 0.3) is 11.5 Å². The Morgan fingerprint density at radius 2 is 1.93 bits per heavy atom. The molecule has 0 fully saturated rings. The van der Waals surface area contributed by atoms with Crippen molar-refractivity contribution in [3.63, 3.8) is 0 Å². The molecule has 0 atom stereocenters. The Labute approximate surface area is 163 Å². The average Bonchev–Trinajstić information content (AvgIpc) is 2.68. The number of aryl methyl sites for hydroxylation is 3. The fourth-order valence-electron chi connectivity index (χ4n) is 3.16. The molecule has 3 N–H and O–H groups in total. The van der Waals surface area contributed by atoms with Crippen LogP contribution in [0.2, 0.25) is 0 Å². The van der Waals surface area contributed by atoms with Crippen LogP contribution in [0.5, 0.6) is 11.5 Å². The van der Waals surface area contributed by atoms with Crippen LogP contribution in [-0.4, -0.2) is 29.7 Å². The molecule has 28 heavy (non-hydrogen) atoms. The van der Waals surface area contributed by atoms with Gasteiger partial charge in [-0.15, -0.1) is 0 Å². The van der Waals surface area contributed by atoms with Crippen LogP contribution in [0.15, 0.2) is 41.2 Å². The maximum absolute atomic E-state index is 12.7. The first-order chi connectivity index (χ1) is 13.4. The Morgan fingerprint density at radius 3 is 2.64 bits per heavy atom. The van der Waals surface area contributed by atoms with Gasteiger partial charge in [-0.05, 0) is 61.6 Å². The highest BCUT2D eigenvalue weighted by Gasteiger charge is 2.19. The quantitative estimate of drug-likeness (QED) is 0.573. The van der Waals surface area contributed by atoms with Crippen LogP contribution >= 0.6 is 0 Å². The second-order valence-corrected chi connectivity index (χ2v) is 6.87. The summed E-state index contributed by atoms with van der Waals surface area (Å²) in [6, 6.07) is 11.3. The van der Waals surface area contributed by atoms with Gasteiger partial charge >= 0.3 is 0 Å². The number of carbonyl (C=O) groups excluding carboxylic acids is 1. The summed E-state index contributed by atoms with van der Waals surface area (Å²) in [5.41, 5.74) is 3.44. The van der Waals surface area contributed by atoms with Crippen LogP contribution < -0.4 is 15.6 Å². The minimum absolute atomic E-state index is 0.0381. The summed E-state index contributed by atoms with van der Waals surface area (Å²) in [7, 11) is 1.51. The van der Waals surface area contributed by atoms with Crippen molar-refractivity contribution in [3.05, 3.63) is 69.0 Å². The Kier molecular flexibility index (Phi) is 5.68. The third-order valence-corrected chi connectivity index (χ3v) is 4.92. The molecule has 0 bridgehead atoms. The van der Waals surface area contributed by atoms with E-state index in [-0.39, 0.29) is 5.56 Å². The minimum Gasteiger partial charge on any atom is -0.502 e. The summed E-state index contributed by atoms with van der Waals surface area (Å²) in [6.07, 6.45) is 1.58. The van der Waals surface area contributed by atoms with Crippen LogP contribution in [0.1, 0.15) is 33.5 Å². The van der Waals surface area contributed by atoms with Crippen LogP contribution in [0.4, 0.5) is 0 Å². The number of ether oxygens (including phenoxy) is 1. The first-order valence-electron chi connectivity index (χ1n) is 9.18. The third-order valence-electron chi connectivity index (χ3n) is 4.92. The molecule has 3 rings (SSSR count). The number of rotatable bonds is 6. The second kappa shape index (κ2) is 8.17. The molecule has 0 saturated carbocycles. The van der Waals surface area contributed by atoms with Crippen molar-refractivity contribution >= 4 is 16.8 Å². The van der Waals surface area contributed by atoms with E-state index in [0.29, 0.717) is 23.2 Å². The molecule has 0 spiro atoms. The molecule has 146 valence electrons. The Morgan fingerprint density at radius 1 is 1.14 bits per heavy atom. The first-order valence-corrected chi connectivity index (χ1v) is 9.18. The standard InChI is InChI=1S/C22H24N2O4/c1-13-6-7-15(11-14(13)2)5-4-10-23-21(26)19-17-12-16(28-3)8-9-18(17)24-22(27)20(19)25/h6-9,11-12,25H,4-5,10H2,1-3H3,(H,23,26)(H,24,27). The third kappa shape index (κ3) is 4.01. The monoisotopic (exact) mass is 380 g/mol. The van der Waals surface area contributed by atoms with Gasteiger partial charge in [0.05, 0.1) is 12.7 Å². The van der Waals surface area contributed by atoms with Crippen LogP contribution in [0.3, 0.4) is 0 Å². The molecule has 3 aromatic rings. The number of aromatic hydroxyl groups is 1. The van der Waals surface area contributed by atoms with Gasteiger partial charge in [0, 0.05) is 17.4 Å². The lowest BCUT2D eigenvalue weighted by Gasteiger charge is -2.11. The SMILES string of the molecule is COc1ccc2[nH]c(=O)c(O)c(C(=O)NCCCc3ccc(C)c(C)c3)c2c1. The van der Waals surface area contributed by atoms with Gasteiger partial charge in [0.2, 0.25) is 0 Å². The zero-order valence-electron chi connectivity index (χ0n) is 16.3. The predicted molar refractivity (Wildman–Crippen MR) is 109 cm³/mol. The first kappa shape index (κ1) is 19.5. The number of carbonyl (C=O) groups is 1. The van der Waals surface area contributed by atoms with Gasteiger partial charge in [-0.3, -0.25) is 9.59 Å². The molecule has 1 heterocycles. The second-order valence-electron chi connectivity index (χ2n) is 6.87. The van der Waals surface area contributed by atoms with E-state index in [1.54, 1.807) is 18.2 Å². The fraction of sp³-hybridized carbons (Fsp3) is 0.273. The van der Waals surface area contributed by atoms with Gasteiger partial charge in [0.1, 0.15) is 5.75 Å². The number of benzene rings is 2. The summed E-state index contributed by atoms with van der Waals surface area (Å²) in [6.45, 7) is 4.59. The number of hydrogen-bond donors (Lipinski definition) is 3. The largest absolute Gasteiger partial charge is 0.502 e. The summed E-state index contributed by atoms with van der Waals surface area (Å²) >= 11 is 0. The van der Waals surface area contributed by atoms with Crippen molar-refractivity contribution in [1.29, 1.82) is 0 Å². The number of hydrogen-bond acceptors (Lipinski definition) is 4. The van der Waals surface area contributed by atoms with E-state index >= 15 is 0 Å². The van der Waals surface area contributed by atoms with Crippen molar-refractivity contribution in [1.82, 2.24) is 10.3 Å². The van der Waals surface area contributed by atoms with E-state index in [4.69, 9.17) is 4.74 Å². The molecular weight excluding hydrogens is 356 g/mol. The molecule has 0 aliphatic carbocycles. The van der Waals surface area contributed by atoms with Gasteiger partial charge in [0.15, 0.2) is 5.75 Å². The Balaban J connectivity index is 1.74. The lowest BCUT2D eigenvalue weighted by Crippen LogP contribution is -2.26. The van der Waals surface area contributed by atoms with E-state index in [1.807, 2.05) is 0 Å². The molecule has 1 aromatic heterocycles. The molecular formula is C22H24N2O4. The fourth-order valence-corrected chi connectivity index (χ4v) is 3.16. The average molecular weight is 380 g/mol. The molecule has 2 aromatic carbocycles. The van der Waals surface area contributed by atoms with Gasteiger partial charge in [-0.25, -0.2) is 0 Å². The number of aromatic nitrogens is 1. The Hall–Kier alpha value is -3.28. The molecule has 0 aliphatic heterocycles. The Bertz CT molecular complexity index is 1090. The lowest BCUT2D eigenvalue weighted by molar-refractivity contribution is 0.0952. The summed E-state index contributed by atoms with van der Waals surface area (Å²) in [4.78, 5) is 27.2. The number of pyridine rings is 1. The summed E-state index contributed by atoms with van der Waals surface area (Å²) in [5.74, 6) is -0.544. The topological polar surface area (TPSA) is 91.4 Å². The maximum Gasteiger partial charge on any atom is 0.291 e. The molecule has 1 amide bonds. The normalized spacial score (nSPS) is 10.8. The van der Waals surface area contributed by atoms with E-state index in [0.717, 1.165) is 12.8 Å². The van der Waals surface area contributed by atoms with Gasteiger partial charge < -0.3 is 20.1 Å². The molecule has 6 heteroatoms. The zero-order chi connectivity index (χ0) is 20.3. The molecule has 0 unspecified atom stereocenters.